The van der Waals surface area contributed by atoms with E-state index in [9.17, 15) is 4.79 Å². The predicted octanol–water partition coefficient (Wildman–Crippen LogP) is 2.34. The minimum absolute atomic E-state index is 0.0254. The summed E-state index contributed by atoms with van der Waals surface area (Å²) in [5.41, 5.74) is 0. The molecule has 0 saturated heterocycles. The molecule has 3 rings (SSSR count). The molecule has 0 radical (unpaired) electrons. The molecule has 1 saturated carbocycles. The lowest BCUT2D eigenvalue weighted by Crippen LogP contribution is -2.16. The molecule has 1 atom stereocenters. The van der Waals surface area contributed by atoms with Crippen LogP contribution in [-0.4, -0.2) is 28.7 Å². The fourth-order valence-corrected chi connectivity index (χ4v) is 2.10. The first-order valence-electron chi connectivity index (χ1n) is 7.14. The van der Waals surface area contributed by atoms with E-state index < -0.39 is 0 Å². The fraction of sp³-hybridized carbons (Fsp3) is 0.375. The van der Waals surface area contributed by atoms with E-state index in [4.69, 9.17) is 9.84 Å². The Morgan fingerprint density at radius 3 is 2.95 bits per heavy atom. The Hall–Kier alpha value is -2.14. The summed E-state index contributed by atoms with van der Waals surface area (Å²) in [5, 5.41) is 13.8. The van der Waals surface area contributed by atoms with Crippen LogP contribution in [0.4, 0.5) is 5.82 Å². The van der Waals surface area contributed by atoms with E-state index in [2.05, 4.69) is 10.3 Å². The highest BCUT2D eigenvalue weighted by Gasteiger charge is 2.29. The average molecular weight is 286 g/mol. The number of pyridine rings is 1. The van der Waals surface area contributed by atoms with Crippen molar-refractivity contribution in [3.8, 4) is 5.75 Å². The number of nitrogens with zero attached hydrogens (tertiary/aromatic N) is 1. The van der Waals surface area contributed by atoms with Gasteiger partial charge < -0.3 is 15.2 Å². The highest BCUT2D eigenvalue weighted by atomic mass is 16.5. The van der Waals surface area contributed by atoms with Crippen molar-refractivity contribution in [3.63, 3.8) is 0 Å². The van der Waals surface area contributed by atoms with Crippen molar-refractivity contribution >= 4 is 22.5 Å². The zero-order valence-corrected chi connectivity index (χ0v) is 11.9. The normalized spacial score (nSPS) is 15.7. The summed E-state index contributed by atoms with van der Waals surface area (Å²) in [5.74, 6) is 1.49. The van der Waals surface area contributed by atoms with Gasteiger partial charge in [-0.05, 0) is 43.4 Å². The van der Waals surface area contributed by atoms with Crippen molar-refractivity contribution in [2.24, 2.45) is 5.92 Å². The zero-order valence-electron chi connectivity index (χ0n) is 11.9. The van der Waals surface area contributed by atoms with Gasteiger partial charge in [-0.2, -0.15) is 0 Å². The van der Waals surface area contributed by atoms with E-state index in [1.54, 1.807) is 13.1 Å². The second kappa shape index (κ2) is 5.69. The van der Waals surface area contributed by atoms with Crippen molar-refractivity contribution in [2.75, 3.05) is 11.9 Å². The molecule has 21 heavy (non-hydrogen) atoms. The molecule has 5 heteroatoms. The van der Waals surface area contributed by atoms with Gasteiger partial charge in [0, 0.05) is 17.5 Å². The number of fused-ring (bicyclic) bond motifs is 1. The Morgan fingerprint density at radius 1 is 1.43 bits per heavy atom. The number of rotatable bonds is 5. The van der Waals surface area contributed by atoms with Crippen molar-refractivity contribution in [1.29, 1.82) is 0 Å². The van der Waals surface area contributed by atoms with Crippen LogP contribution in [0.15, 0.2) is 30.5 Å². The van der Waals surface area contributed by atoms with Gasteiger partial charge in [-0.15, -0.1) is 0 Å². The summed E-state index contributed by atoms with van der Waals surface area (Å²) in [4.78, 5) is 16.0. The molecule has 110 valence electrons. The Morgan fingerprint density at radius 2 is 2.24 bits per heavy atom. The summed E-state index contributed by atoms with van der Waals surface area (Å²) >= 11 is 0. The molecule has 5 nitrogen and oxygen atoms in total. The van der Waals surface area contributed by atoms with Gasteiger partial charge in [0.25, 0.3) is 0 Å². The van der Waals surface area contributed by atoms with Crippen molar-refractivity contribution in [2.45, 2.75) is 25.9 Å². The van der Waals surface area contributed by atoms with Gasteiger partial charge in [-0.25, -0.2) is 4.98 Å². The van der Waals surface area contributed by atoms with Crippen LogP contribution in [0.25, 0.3) is 10.8 Å². The van der Waals surface area contributed by atoms with E-state index >= 15 is 0 Å². The maximum absolute atomic E-state index is 11.7. The number of benzene rings is 1. The summed E-state index contributed by atoms with van der Waals surface area (Å²) in [6.07, 6.45) is 3.42. The lowest BCUT2D eigenvalue weighted by atomic mass is 10.1. The van der Waals surface area contributed by atoms with Crippen molar-refractivity contribution in [1.82, 2.24) is 4.98 Å². The standard InChI is InChI=1S/C16H18N2O3/c1-10(9-19)21-14-5-4-12-7-15(17-8-13(12)6-14)18-16(20)11-2-3-11/h4-8,10-11,19H,2-3,9H2,1H3,(H,17,18,20)/t10-/m0/s1. The molecule has 0 unspecified atom stereocenters. The van der Waals surface area contributed by atoms with E-state index in [-0.39, 0.29) is 24.5 Å². The third kappa shape index (κ3) is 3.31. The largest absolute Gasteiger partial charge is 0.488 e. The van der Waals surface area contributed by atoms with E-state index in [0.717, 1.165) is 23.6 Å². The second-order valence-electron chi connectivity index (χ2n) is 5.45. The molecule has 1 aliphatic rings. The minimum atomic E-state index is -0.243. The van der Waals surface area contributed by atoms with Crippen LogP contribution in [0, 0.1) is 5.92 Å². The summed E-state index contributed by atoms with van der Waals surface area (Å²) in [6, 6.07) is 7.50. The number of amides is 1. The quantitative estimate of drug-likeness (QED) is 0.885. The van der Waals surface area contributed by atoms with Gasteiger partial charge >= 0.3 is 0 Å². The molecule has 1 aromatic carbocycles. The molecule has 0 aliphatic heterocycles. The number of aliphatic hydroxyl groups is 1. The molecular weight excluding hydrogens is 268 g/mol. The van der Waals surface area contributed by atoms with Crippen molar-refractivity contribution < 1.29 is 14.6 Å². The highest BCUT2D eigenvalue weighted by Crippen LogP contribution is 2.30. The number of aromatic nitrogens is 1. The molecule has 2 N–H and O–H groups in total. The number of carbonyl (C=O) groups is 1. The maximum Gasteiger partial charge on any atom is 0.228 e. The second-order valence-corrected chi connectivity index (χ2v) is 5.45. The van der Waals surface area contributed by atoms with Gasteiger partial charge in [-0.1, -0.05) is 6.07 Å². The lowest BCUT2D eigenvalue weighted by molar-refractivity contribution is -0.117. The van der Waals surface area contributed by atoms with Crippen LogP contribution in [0.3, 0.4) is 0 Å². The van der Waals surface area contributed by atoms with E-state index in [1.807, 2.05) is 24.3 Å². The third-order valence-electron chi connectivity index (χ3n) is 3.49. The topological polar surface area (TPSA) is 71.5 Å². The number of aliphatic hydroxyl groups excluding tert-OH is 1. The molecule has 1 heterocycles. The fourth-order valence-electron chi connectivity index (χ4n) is 2.10. The zero-order chi connectivity index (χ0) is 14.8. The van der Waals surface area contributed by atoms with Gasteiger partial charge in [-0.3, -0.25) is 4.79 Å². The smallest absolute Gasteiger partial charge is 0.228 e. The Balaban J connectivity index is 1.78. The van der Waals surface area contributed by atoms with E-state index in [1.165, 1.54) is 0 Å². The number of hydrogen-bond donors (Lipinski definition) is 2. The van der Waals surface area contributed by atoms with Crippen LogP contribution >= 0.6 is 0 Å². The first-order valence-corrected chi connectivity index (χ1v) is 7.14. The molecular formula is C16H18N2O3. The van der Waals surface area contributed by atoms with Gasteiger partial charge in [0.2, 0.25) is 5.91 Å². The summed E-state index contributed by atoms with van der Waals surface area (Å²) < 4.78 is 5.56. The molecule has 1 amide bonds. The van der Waals surface area contributed by atoms with Crippen molar-refractivity contribution in [3.05, 3.63) is 30.5 Å². The highest BCUT2D eigenvalue weighted by molar-refractivity contribution is 5.95. The number of carbonyl (C=O) groups excluding carboxylic acids is 1. The van der Waals surface area contributed by atoms with Crippen LogP contribution in [0.2, 0.25) is 0 Å². The molecule has 1 aliphatic carbocycles. The van der Waals surface area contributed by atoms with Crippen LogP contribution < -0.4 is 10.1 Å². The number of nitrogens with one attached hydrogen (secondary N) is 1. The molecule has 2 aromatic rings. The Labute approximate surface area is 123 Å². The monoisotopic (exact) mass is 286 g/mol. The first-order chi connectivity index (χ1) is 10.2. The van der Waals surface area contributed by atoms with Gasteiger partial charge in [0.1, 0.15) is 17.7 Å². The molecule has 0 spiro atoms. The number of hydrogen-bond acceptors (Lipinski definition) is 4. The summed E-state index contributed by atoms with van der Waals surface area (Å²) in [6.45, 7) is 1.78. The van der Waals surface area contributed by atoms with Crippen LogP contribution in [0.5, 0.6) is 5.75 Å². The summed E-state index contributed by atoms with van der Waals surface area (Å²) in [7, 11) is 0. The Bertz CT molecular complexity index is 668. The number of anilines is 1. The van der Waals surface area contributed by atoms with Gasteiger partial charge in [0.05, 0.1) is 6.61 Å². The van der Waals surface area contributed by atoms with Crippen LogP contribution in [-0.2, 0) is 4.79 Å². The van der Waals surface area contributed by atoms with E-state index in [0.29, 0.717) is 11.6 Å². The Kier molecular flexibility index (Phi) is 3.75. The third-order valence-corrected chi connectivity index (χ3v) is 3.49. The average Bonchev–Trinajstić information content (AvgIpc) is 3.32. The SMILES string of the molecule is C[C@@H](CO)Oc1ccc2cc(NC(=O)C3CC3)ncc2c1. The number of ether oxygens (including phenoxy) is 1. The molecule has 1 aromatic heterocycles. The van der Waals surface area contributed by atoms with Gasteiger partial charge in [0.15, 0.2) is 0 Å². The first kappa shape index (κ1) is 13.8. The molecule has 0 bridgehead atoms. The molecule has 1 fully saturated rings. The lowest BCUT2D eigenvalue weighted by Gasteiger charge is -2.12. The maximum atomic E-state index is 11.7. The minimum Gasteiger partial charge on any atom is -0.488 e. The predicted molar refractivity (Wildman–Crippen MR) is 80.3 cm³/mol. The van der Waals surface area contributed by atoms with Crippen LogP contribution in [0.1, 0.15) is 19.8 Å².